The van der Waals surface area contributed by atoms with E-state index >= 15 is 0 Å². The molecule has 0 bridgehead atoms. The largest absolute Gasteiger partial charge is 0.480 e. The molecule has 6 rings (SSSR count). The highest BCUT2D eigenvalue weighted by Gasteiger charge is 2.53. The third-order valence-corrected chi connectivity index (χ3v) is 7.76. The first-order chi connectivity index (χ1) is 19.3. The normalized spacial score (nSPS) is 18.3. The van der Waals surface area contributed by atoms with Gasteiger partial charge in [-0.1, -0.05) is 68.4 Å². The molecule has 2 atom stereocenters. The van der Waals surface area contributed by atoms with Crippen LogP contribution in [0.1, 0.15) is 58.5 Å². The zero-order chi connectivity index (χ0) is 28.1. The third kappa shape index (κ3) is 4.02. The molecule has 40 heavy (non-hydrogen) atoms. The fourth-order valence-electron chi connectivity index (χ4n) is 5.82. The van der Waals surface area contributed by atoms with Gasteiger partial charge >= 0.3 is 12.0 Å². The minimum Gasteiger partial charge on any atom is -0.480 e. The Morgan fingerprint density at radius 2 is 1.70 bits per heavy atom. The van der Waals surface area contributed by atoms with E-state index < -0.39 is 42.4 Å². The standard InChI is InChI=1S/C31H28N4O5/c1-17(2)18-11-13-19(14-12-18)28-27-22(20-7-3-5-9-23(20)33-27)15-25-30(39)35(31(40)34(25)28)24-10-6-4-8-21(24)29(38)32-16-26(36)37/h3-14,17,25,28,33H,15-16H2,1-2H3,(H,32,38)(H,36,37)/t25-,28+/m0/s1. The molecule has 2 aliphatic heterocycles. The topological polar surface area (TPSA) is 123 Å². The smallest absolute Gasteiger partial charge is 0.332 e. The highest BCUT2D eigenvalue weighted by molar-refractivity contribution is 6.24. The zero-order valence-electron chi connectivity index (χ0n) is 22.0. The van der Waals surface area contributed by atoms with Crippen molar-refractivity contribution in [1.29, 1.82) is 0 Å². The van der Waals surface area contributed by atoms with Gasteiger partial charge in [-0.25, -0.2) is 9.69 Å². The van der Waals surface area contributed by atoms with Crippen molar-refractivity contribution < 1.29 is 24.3 Å². The summed E-state index contributed by atoms with van der Waals surface area (Å²) in [5.41, 5.74) is 5.01. The number of carboxylic acid groups (broad SMARTS) is 1. The molecular weight excluding hydrogens is 508 g/mol. The molecule has 1 aromatic heterocycles. The van der Waals surface area contributed by atoms with Crippen LogP contribution in [0.4, 0.5) is 10.5 Å². The molecule has 0 unspecified atom stereocenters. The number of carbonyl (C=O) groups is 4. The average Bonchev–Trinajstić information content (AvgIpc) is 3.44. The van der Waals surface area contributed by atoms with Gasteiger partial charge in [0.15, 0.2) is 0 Å². The second-order valence-electron chi connectivity index (χ2n) is 10.5. The Morgan fingerprint density at radius 3 is 2.42 bits per heavy atom. The third-order valence-electron chi connectivity index (χ3n) is 7.76. The summed E-state index contributed by atoms with van der Waals surface area (Å²) in [5, 5.41) is 12.3. The lowest BCUT2D eigenvalue weighted by Crippen LogP contribution is -2.44. The minimum atomic E-state index is -1.20. The molecule has 0 spiro atoms. The fraction of sp³-hybridized carbons (Fsp3) is 0.226. The lowest BCUT2D eigenvalue weighted by Gasteiger charge is -2.36. The molecule has 9 nitrogen and oxygen atoms in total. The Kier molecular flexibility index (Phi) is 6.14. The lowest BCUT2D eigenvalue weighted by molar-refractivity contribution is -0.135. The molecular formula is C31H28N4O5. The molecule has 1 saturated heterocycles. The maximum Gasteiger partial charge on any atom is 0.332 e. The number of para-hydroxylation sites is 2. The number of hydrogen-bond acceptors (Lipinski definition) is 4. The number of carbonyl (C=O) groups excluding carboxylic acids is 3. The van der Waals surface area contributed by atoms with Crippen molar-refractivity contribution in [2.24, 2.45) is 0 Å². The van der Waals surface area contributed by atoms with Crippen molar-refractivity contribution in [2.75, 3.05) is 11.4 Å². The summed E-state index contributed by atoms with van der Waals surface area (Å²) in [5.74, 6) is -1.97. The molecule has 1 fully saturated rings. The van der Waals surface area contributed by atoms with Crippen molar-refractivity contribution in [1.82, 2.24) is 15.2 Å². The van der Waals surface area contributed by atoms with E-state index in [2.05, 4.69) is 24.1 Å². The Hall–Kier alpha value is -4.92. The SMILES string of the molecule is CC(C)c1ccc([C@@H]2c3[nH]c4ccccc4c3C[C@H]3C(=O)N(c4ccccc4C(=O)NCC(=O)O)C(=O)N23)cc1. The van der Waals surface area contributed by atoms with Crippen LogP contribution in [0.15, 0.2) is 72.8 Å². The average molecular weight is 537 g/mol. The highest BCUT2D eigenvalue weighted by atomic mass is 16.4. The second-order valence-corrected chi connectivity index (χ2v) is 10.5. The Balaban J connectivity index is 1.46. The monoisotopic (exact) mass is 536 g/mol. The van der Waals surface area contributed by atoms with E-state index in [1.165, 1.54) is 17.7 Å². The number of H-pyrrole nitrogens is 1. The molecule has 3 aromatic carbocycles. The number of carboxylic acids is 1. The molecule has 0 aliphatic carbocycles. The van der Waals surface area contributed by atoms with Gasteiger partial charge in [0.05, 0.1) is 11.3 Å². The summed E-state index contributed by atoms with van der Waals surface area (Å²) in [6.45, 7) is 3.65. The van der Waals surface area contributed by atoms with Crippen LogP contribution in [0, 0.1) is 0 Å². The minimum absolute atomic E-state index is 0.0482. The number of aromatic amines is 1. The predicted octanol–water partition coefficient (Wildman–Crippen LogP) is 4.59. The lowest BCUT2D eigenvalue weighted by atomic mass is 9.88. The number of rotatable bonds is 6. The van der Waals surface area contributed by atoms with Gasteiger partial charge in [-0.15, -0.1) is 0 Å². The first kappa shape index (κ1) is 25.4. The molecule has 0 radical (unpaired) electrons. The van der Waals surface area contributed by atoms with Crippen LogP contribution in [0.3, 0.4) is 0 Å². The van der Waals surface area contributed by atoms with Crippen LogP contribution in [-0.2, 0) is 16.0 Å². The molecule has 202 valence electrons. The number of nitrogens with zero attached hydrogens (tertiary/aromatic N) is 2. The summed E-state index contributed by atoms with van der Waals surface area (Å²) >= 11 is 0. The van der Waals surface area contributed by atoms with Crippen molar-refractivity contribution in [3.63, 3.8) is 0 Å². The number of aliphatic carboxylic acids is 1. The second kappa shape index (κ2) is 9.68. The highest BCUT2D eigenvalue weighted by Crippen LogP contribution is 2.45. The van der Waals surface area contributed by atoms with Crippen molar-refractivity contribution in [3.05, 3.63) is 101 Å². The van der Waals surface area contributed by atoms with E-state index in [-0.39, 0.29) is 11.3 Å². The summed E-state index contributed by atoms with van der Waals surface area (Å²) < 4.78 is 0. The van der Waals surface area contributed by atoms with Gasteiger partial charge in [0.2, 0.25) is 0 Å². The van der Waals surface area contributed by atoms with Crippen LogP contribution < -0.4 is 10.2 Å². The summed E-state index contributed by atoms with van der Waals surface area (Å²) in [6.07, 6.45) is 0.328. The summed E-state index contributed by atoms with van der Waals surface area (Å²) in [7, 11) is 0. The van der Waals surface area contributed by atoms with Gasteiger partial charge < -0.3 is 15.4 Å². The van der Waals surface area contributed by atoms with Gasteiger partial charge in [-0.05, 0) is 40.8 Å². The number of aromatic nitrogens is 1. The van der Waals surface area contributed by atoms with Crippen LogP contribution in [0.5, 0.6) is 0 Å². The number of urea groups is 1. The summed E-state index contributed by atoms with van der Waals surface area (Å²) in [6, 6.07) is 20.4. The first-order valence-electron chi connectivity index (χ1n) is 13.2. The van der Waals surface area contributed by atoms with Gasteiger partial charge in [0.1, 0.15) is 18.6 Å². The van der Waals surface area contributed by atoms with Crippen molar-refractivity contribution >= 4 is 40.4 Å². The molecule has 4 aromatic rings. The number of anilines is 1. The number of benzene rings is 3. The quantitative estimate of drug-likeness (QED) is 0.311. The van der Waals surface area contributed by atoms with Crippen LogP contribution in [0.2, 0.25) is 0 Å². The van der Waals surface area contributed by atoms with Crippen LogP contribution in [0.25, 0.3) is 10.9 Å². The predicted molar refractivity (Wildman–Crippen MR) is 149 cm³/mol. The molecule has 4 amide bonds. The molecule has 9 heteroatoms. The Labute approximate surface area is 230 Å². The fourth-order valence-corrected chi connectivity index (χ4v) is 5.82. The molecule has 2 aliphatic rings. The van der Waals surface area contributed by atoms with Crippen molar-refractivity contribution in [3.8, 4) is 0 Å². The van der Waals surface area contributed by atoms with E-state index in [4.69, 9.17) is 5.11 Å². The van der Waals surface area contributed by atoms with E-state index in [1.54, 1.807) is 17.0 Å². The Bertz CT molecular complexity index is 1670. The van der Waals surface area contributed by atoms with E-state index in [1.807, 2.05) is 48.5 Å². The number of imide groups is 1. The number of fused-ring (bicyclic) bond motifs is 4. The maximum atomic E-state index is 14.2. The van der Waals surface area contributed by atoms with Gasteiger partial charge in [-0.2, -0.15) is 0 Å². The summed E-state index contributed by atoms with van der Waals surface area (Å²) in [4.78, 5) is 58.2. The number of hydrogen-bond donors (Lipinski definition) is 3. The van der Waals surface area contributed by atoms with Gasteiger partial charge in [-0.3, -0.25) is 19.3 Å². The van der Waals surface area contributed by atoms with Gasteiger partial charge in [0, 0.05) is 23.0 Å². The molecule has 0 saturated carbocycles. The first-order valence-corrected chi connectivity index (χ1v) is 13.2. The van der Waals surface area contributed by atoms with E-state index in [0.29, 0.717) is 12.3 Å². The van der Waals surface area contributed by atoms with Crippen molar-refractivity contribution in [2.45, 2.75) is 38.3 Å². The molecule has 3 heterocycles. The van der Waals surface area contributed by atoms with Crippen LogP contribution in [-0.4, -0.2) is 51.4 Å². The van der Waals surface area contributed by atoms with Gasteiger partial charge in [0.25, 0.3) is 11.8 Å². The molecule has 3 N–H and O–H groups in total. The van der Waals surface area contributed by atoms with Crippen LogP contribution >= 0.6 is 0 Å². The zero-order valence-corrected chi connectivity index (χ0v) is 22.0. The maximum absolute atomic E-state index is 14.2. The van der Waals surface area contributed by atoms with E-state index in [0.717, 1.165) is 32.6 Å². The number of nitrogens with one attached hydrogen (secondary N) is 2. The van der Waals surface area contributed by atoms with E-state index in [9.17, 15) is 19.2 Å². The number of amides is 4. The Morgan fingerprint density at radius 1 is 1.00 bits per heavy atom.